The number of carbonyl (C=O) groups is 3. The first-order valence-corrected chi connectivity index (χ1v) is 26.0. The van der Waals surface area contributed by atoms with Gasteiger partial charge in [0.1, 0.15) is 13.2 Å². The van der Waals surface area contributed by atoms with Gasteiger partial charge in [0.25, 0.3) is 0 Å². The molecule has 0 radical (unpaired) electrons. The number of allylic oxidation sites excluding steroid dienone is 18. The van der Waals surface area contributed by atoms with Crippen molar-refractivity contribution in [3.63, 3.8) is 0 Å². The third kappa shape index (κ3) is 49.1. The van der Waals surface area contributed by atoms with Crippen molar-refractivity contribution in [2.75, 3.05) is 13.2 Å². The number of ether oxygens (including phenoxy) is 3. The molecule has 0 spiro atoms. The maximum absolute atomic E-state index is 12.8. The van der Waals surface area contributed by atoms with Gasteiger partial charge in [0.15, 0.2) is 6.10 Å². The zero-order chi connectivity index (χ0) is 46.5. The molecule has 6 heteroatoms. The van der Waals surface area contributed by atoms with E-state index >= 15 is 0 Å². The number of hydrogen-bond acceptors (Lipinski definition) is 6. The summed E-state index contributed by atoms with van der Waals surface area (Å²) in [6.07, 6.45) is 69.3. The second-order valence-corrected chi connectivity index (χ2v) is 16.8. The summed E-state index contributed by atoms with van der Waals surface area (Å²) in [6, 6.07) is 0. The van der Waals surface area contributed by atoms with Crippen LogP contribution in [0.1, 0.15) is 220 Å². The van der Waals surface area contributed by atoms with Crippen LogP contribution in [0.3, 0.4) is 0 Å². The standard InChI is InChI=1S/C58H94O6/c1-4-7-10-13-16-19-22-25-27-28-29-31-33-36-39-42-45-48-51-57(60)63-54-55(53-62-56(59)50-47-44-41-38-35-32-24-21-18-15-12-9-6-3)64-58(61)52-49-46-43-40-37-34-30-26-23-20-17-14-11-8-5-2/h8-9,11-12,14-15,17-18,20-21,23-24,26-31,55H,4-7,10,13,16,19,22,25,32-54H2,1-3H3/b11-8-,12-9-,17-14-,18-15-,23-20-,24-21-,28-27-,30-26-,31-29-. The molecule has 0 rings (SSSR count). The molecular weight excluding hydrogens is 793 g/mol. The van der Waals surface area contributed by atoms with Crippen molar-refractivity contribution in [3.8, 4) is 0 Å². The number of carbonyl (C=O) groups excluding carboxylic acids is 3. The molecule has 0 aliphatic carbocycles. The van der Waals surface area contributed by atoms with E-state index in [1.807, 2.05) is 24.3 Å². The van der Waals surface area contributed by atoms with Gasteiger partial charge in [0.2, 0.25) is 0 Å². The van der Waals surface area contributed by atoms with Crippen LogP contribution in [0.4, 0.5) is 0 Å². The van der Waals surface area contributed by atoms with E-state index in [9.17, 15) is 14.4 Å². The quantitative estimate of drug-likeness (QED) is 0.0262. The molecular formula is C58H94O6. The number of hydrogen-bond donors (Lipinski definition) is 0. The maximum Gasteiger partial charge on any atom is 0.306 e. The molecule has 0 amide bonds. The summed E-state index contributed by atoms with van der Waals surface area (Å²) in [5.41, 5.74) is 0. The Morgan fingerprint density at radius 2 is 0.609 bits per heavy atom. The van der Waals surface area contributed by atoms with Gasteiger partial charge in [-0.3, -0.25) is 14.4 Å². The molecule has 64 heavy (non-hydrogen) atoms. The Kier molecular flexibility index (Phi) is 48.5. The van der Waals surface area contributed by atoms with E-state index in [1.165, 1.54) is 51.4 Å². The first kappa shape index (κ1) is 60.1. The van der Waals surface area contributed by atoms with E-state index in [1.54, 1.807) is 0 Å². The van der Waals surface area contributed by atoms with Crippen molar-refractivity contribution in [3.05, 3.63) is 109 Å². The van der Waals surface area contributed by atoms with Gasteiger partial charge in [0.05, 0.1) is 0 Å². The van der Waals surface area contributed by atoms with Gasteiger partial charge in [-0.2, -0.15) is 0 Å². The Morgan fingerprint density at radius 3 is 0.969 bits per heavy atom. The highest BCUT2D eigenvalue weighted by Crippen LogP contribution is 2.13. The van der Waals surface area contributed by atoms with Crippen molar-refractivity contribution < 1.29 is 28.6 Å². The Hall–Kier alpha value is -3.93. The Balaban J connectivity index is 4.48. The first-order valence-electron chi connectivity index (χ1n) is 26.0. The first-order chi connectivity index (χ1) is 31.5. The van der Waals surface area contributed by atoms with Crippen LogP contribution < -0.4 is 0 Å². The molecule has 0 aromatic heterocycles. The molecule has 362 valence electrons. The molecule has 0 aliphatic rings. The zero-order valence-electron chi connectivity index (χ0n) is 41.3. The van der Waals surface area contributed by atoms with Crippen molar-refractivity contribution in [2.24, 2.45) is 0 Å². The van der Waals surface area contributed by atoms with Crippen LogP contribution in [0, 0.1) is 0 Å². The van der Waals surface area contributed by atoms with Gasteiger partial charge in [-0.15, -0.1) is 0 Å². The van der Waals surface area contributed by atoms with Crippen molar-refractivity contribution in [2.45, 2.75) is 226 Å². The molecule has 0 N–H and O–H groups in total. The molecule has 0 saturated heterocycles. The van der Waals surface area contributed by atoms with Crippen molar-refractivity contribution >= 4 is 17.9 Å². The summed E-state index contributed by atoms with van der Waals surface area (Å²) in [4.78, 5) is 38.0. The second kappa shape index (κ2) is 51.7. The van der Waals surface area contributed by atoms with E-state index < -0.39 is 6.10 Å². The van der Waals surface area contributed by atoms with E-state index in [2.05, 4.69) is 106 Å². The third-order valence-corrected chi connectivity index (χ3v) is 10.7. The van der Waals surface area contributed by atoms with Gasteiger partial charge < -0.3 is 14.2 Å². The number of rotatable bonds is 45. The average Bonchev–Trinajstić information content (AvgIpc) is 3.29. The minimum absolute atomic E-state index is 0.105. The van der Waals surface area contributed by atoms with Crippen molar-refractivity contribution in [1.82, 2.24) is 0 Å². The van der Waals surface area contributed by atoms with Gasteiger partial charge in [0, 0.05) is 19.3 Å². The SMILES string of the molecule is CC\C=C/C=C\C=C/C=C\CCCCCCCC(=O)OC(COC(=O)CCCCCCC\C=C/C=C\C=C/CC)COC(=O)CCCCCCC/C=C\C=C/CCCCCCCCC. The highest BCUT2D eigenvalue weighted by Gasteiger charge is 2.19. The van der Waals surface area contributed by atoms with Crippen LogP contribution in [-0.2, 0) is 28.6 Å². The molecule has 0 saturated carbocycles. The fourth-order valence-electron chi connectivity index (χ4n) is 6.80. The molecule has 0 fully saturated rings. The Morgan fingerprint density at radius 1 is 0.328 bits per heavy atom. The lowest BCUT2D eigenvalue weighted by Gasteiger charge is -2.18. The summed E-state index contributed by atoms with van der Waals surface area (Å²) < 4.78 is 16.8. The zero-order valence-corrected chi connectivity index (χ0v) is 41.3. The normalized spacial score (nSPS) is 13.0. The van der Waals surface area contributed by atoms with E-state index in [0.29, 0.717) is 19.3 Å². The summed E-state index contributed by atoms with van der Waals surface area (Å²) in [5.74, 6) is -0.968. The fraction of sp³-hybridized carbons (Fsp3) is 0.638. The smallest absolute Gasteiger partial charge is 0.306 e. The van der Waals surface area contributed by atoms with Crippen LogP contribution in [0.5, 0.6) is 0 Å². The average molecular weight is 887 g/mol. The maximum atomic E-state index is 12.8. The topological polar surface area (TPSA) is 78.9 Å². The van der Waals surface area contributed by atoms with Gasteiger partial charge >= 0.3 is 17.9 Å². The van der Waals surface area contributed by atoms with Crippen LogP contribution >= 0.6 is 0 Å². The molecule has 0 aliphatic heterocycles. The summed E-state index contributed by atoms with van der Waals surface area (Å²) >= 11 is 0. The van der Waals surface area contributed by atoms with Crippen LogP contribution in [0.15, 0.2) is 109 Å². The molecule has 0 aromatic rings. The monoisotopic (exact) mass is 887 g/mol. The number of unbranched alkanes of at least 4 members (excludes halogenated alkanes) is 22. The molecule has 0 heterocycles. The largest absolute Gasteiger partial charge is 0.462 e. The Bertz CT molecular complexity index is 1340. The molecule has 1 atom stereocenters. The molecule has 0 aromatic carbocycles. The Labute approximate surface area is 393 Å². The predicted octanol–water partition coefficient (Wildman–Crippen LogP) is 17.1. The third-order valence-electron chi connectivity index (χ3n) is 10.7. The highest BCUT2D eigenvalue weighted by atomic mass is 16.6. The summed E-state index contributed by atoms with van der Waals surface area (Å²) in [6.45, 7) is 6.30. The minimum atomic E-state index is -0.807. The fourth-order valence-corrected chi connectivity index (χ4v) is 6.80. The van der Waals surface area contributed by atoms with Crippen LogP contribution in [0.2, 0.25) is 0 Å². The minimum Gasteiger partial charge on any atom is -0.462 e. The molecule has 0 bridgehead atoms. The van der Waals surface area contributed by atoms with Crippen LogP contribution in [0.25, 0.3) is 0 Å². The van der Waals surface area contributed by atoms with E-state index in [4.69, 9.17) is 14.2 Å². The van der Waals surface area contributed by atoms with Gasteiger partial charge in [-0.25, -0.2) is 0 Å². The molecule has 1 unspecified atom stereocenters. The number of esters is 3. The summed E-state index contributed by atoms with van der Waals surface area (Å²) in [7, 11) is 0. The molecule has 6 nitrogen and oxygen atoms in total. The lowest BCUT2D eigenvalue weighted by Crippen LogP contribution is -2.30. The highest BCUT2D eigenvalue weighted by molar-refractivity contribution is 5.71. The predicted molar refractivity (Wildman–Crippen MR) is 274 cm³/mol. The lowest BCUT2D eigenvalue weighted by molar-refractivity contribution is -0.167. The van der Waals surface area contributed by atoms with Gasteiger partial charge in [-0.1, -0.05) is 226 Å². The lowest BCUT2D eigenvalue weighted by atomic mass is 10.1. The van der Waals surface area contributed by atoms with E-state index in [0.717, 1.165) is 128 Å². The van der Waals surface area contributed by atoms with Crippen molar-refractivity contribution in [1.29, 1.82) is 0 Å². The van der Waals surface area contributed by atoms with Gasteiger partial charge in [-0.05, 0) is 83.5 Å². The summed E-state index contributed by atoms with van der Waals surface area (Å²) in [5, 5.41) is 0. The second-order valence-electron chi connectivity index (χ2n) is 16.8. The van der Waals surface area contributed by atoms with Crippen LogP contribution in [-0.4, -0.2) is 37.2 Å². The van der Waals surface area contributed by atoms with E-state index in [-0.39, 0.29) is 31.1 Å².